The summed E-state index contributed by atoms with van der Waals surface area (Å²) in [6.07, 6.45) is 1.55. The van der Waals surface area contributed by atoms with Gasteiger partial charge in [-0.1, -0.05) is 11.6 Å². The lowest BCUT2D eigenvalue weighted by atomic mass is 9.92. The number of rotatable bonds is 6. The van der Waals surface area contributed by atoms with E-state index in [1.54, 1.807) is 10.5 Å². The van der Waals surface area contributed by atoms with Gasteiger partial charge in [-0.05, 0) is 50.3 Å². The molecule has 11 nitrogen and oxygen atoms in total. The predicted octanol–water partition coefficient (Wildman–Crippen LogP) is 5.05. The summed E-state index contributed by atoms with van der Waals surface area (Å²) < 4.78 is 48.3. The lowest BCUT2D eigenvalue weighted by Gasteiger charge is -2.34. The molecule has 2 saturated heterocycles. The molecule has 15 heteroatoms. The zero-order valence-corrected chi connectivity index (χ0v) is 24.3. The van der Waals surface area contributed by atoms with Crippen molar-refractivity contribution in [2.75, 3.05) is 17.6 Å². The van der Waals surface area contributed by atoms with E-state index in [2.05, 4.69) is 15.4 Å². The summed E-state index contributed by atoms with van der Waals surface area (Å²) in [5.74, 6) is 0.375. The number of hydrogen-bond donors (Lipinski definition) is 2. The van der Waals surface area contributed by atoms with E-state index >= 15 is 0 Å². The van der Waals surface area contributed by atoms with Crippen LogP contribution in [0.5, 0.6) is 5.75 Å². The number of aromatic nitrogens is 5. The Kier molecular flexibility index (Phi) is 6.72. The summed E-state index contributed by atoms with van der Waals surface area (Å²) in [6.45, 7) is 0.523. The number of aryl methyl sites for hydroxylation is 1. The Labute approximate surface area is 254 Å². The first-order chi connectivity index (χ1) is 21.0. The first-order valence-corrected chi connectivity index (χ1v) is 14.7. The second-order valence-electron chi connectivity index (χ2n) is 11.5. The monoisotopic (exact) mass is 628 g/mol. The van der Waals surface area contributed by atoms with E-state index in [9.17, 15) is 22.8 Å². The van der Waals surface area contributed by atoms with Gasteiger partial charge in [0.15, 0.2) is 5.82 Å². The molecule has 44 heavy (non-hydrogen) atoms. The molecular weight excluding hydrogens is 601 g/mol. The molecule has 2 atom stereocenters. The van der Waals surface area contributed by atoms with E-state index < -0.39 is 17.8 Å². The number of halogens is 4. The van der Waals surface area contributed by atoms with Gasteiger partial charge in [0.2, 0.25) is 5.91 Å². The number of fused-ring (bicyclic) bond motifs is 2. The second kappa shape index (κ2) is 10.4. The largest absolute Gasteiger partial charge is 0.490 e. The normalized spacial score (nSPS) is 20.3. The van der Waals surface area contributed by atoms with Crippen LogP contribution in [0.25, 0.3) is 16.8 Å². The van der Waals surface area contributed by atoms with Crippen molar-refractivity contribution in [2.45, 2.75) is 62.8 Å². The van der Waals surface area contributed by atoms with Crippen molar-refractivity contribution >= 4 is 40.6 Å². The molecule has 0 radical (unpaired) electrons. The number of nitrogens with one attached hydrogen (secondary N) is 1. The van der Waals surface area contributed by atoms with Crippen molar-refractivity contribution in [1.82, 2.24) is 29.0 Å². The van der Waals surface area contributed by atoms with Gasteiger partial charge in [-0.25, -0.2) is 9.97 Å². The quantitative estimate of drug-likeness (QED) is 0.305. The number of piperidine rings is 1. The highest BCUT2D eigenvalue weighted by Gasteiger charge is 2.39. The maximum atomic E-state index is 13.2. The van der Waals surface area contributed by atoms with E-state index in [4.69, 9.17) is 27.1 Å². The van der Waals surface area contributed by atoms with E-state index in [1.165, 1.54) is 18.3 Å². The van der Waals surface area contributed by atoms with Gasteiger partial charge in [-0.15, -0.1) is 0 Å². The molecule has 230 valence electrons. The van der Waals surface area contributed by atoms with Crippen LogP contribution in [0.1, 0.15) is 66.3 Å². The number of nitrogens with two attached hydrogens (primary N) is 1. The van der Waals surface area contributed by atoms with Gasteiger partial charge >= 0.3 is 6.18 Å². The fourth-order valence-electron chi connectivity index (χ4n) is 6.17. The van der Waals surface area contributed by atoms with E-state index in [0.29, 0.717) is 51.1 Å². The summed E-state index contributed by atoms with van der Waals surface area (Å²) >= 11 is 6.68. The van der Waals surface area contributed by atoms with Gasteiger partial charge in [-0.2, -0.15) is 18.3 Å². The van der Waals surface area contributed by atoms with Crippen molar-refractivity contribution < 1.29 is 27.5 Å². The first kappa shape index (κ1) is 28.4. The maximum Gasteiger partial charge on any atom is 0.433 e. The van der Waals surface area contributed by atoms with Crippen LogP contribution in [-0.2, 0) is 18.0 Å². The Balaban J connectivity index is 1.27. The van der Waals surface area contributed by atoms with Gasteiger partial charge < -0.3 is 20.7 Å². The molecule has 0 spiro atoms. The molecule has 5 heterocycles. The predicted molar refractivity (Wildman–Crippen MR) is 154 cm³/mol. The Hall–Kier alpha value is -4.33. The third-order valence-electron chi connectivity index (χ3n) is 8.48. The van der Waals surface area contributed by atoms with Crippen molar-refractivity contribution in [2.24, 2.45) is 7.05 Å². The molecule has 4 aromatic rings. The average molecular weight is 629 g/mol. The molecule has 2 unspecified atom stereocenters. The van der Waals surface area contributed by atoms with Crippen LogP contribution in [-0.4, -0.2) is 59.6 Å². The maximum absolute atomic E-state index is 13.2. The summed E-state index contributed by atoms with van der Waals surface area (Å²) in [5.41, 5.74) is 7.06. The molecule has 3 N–H and O–H groups in total. The highest BCUT2D eigenvalue weighted by atomic mass is 35.5. The van der Waals surface area contributed by atoms with Crippen molar-refractivity contribution in [1.29, 1.82) is 0 Å². The lowest BCUT2D eigenvalue weighted by Crippen LogP contribution is -2.41. The van der Waals surface area contributed by atoms with E-state index in [1.807, 2.05) is 4.90 Å². The van der Waals surface area contributed by atoms with Gasteiger partial charge in [0.05, 0.1) is 12.3 Å². The minimum atomic E-state index is -4.62. The molecule has 2 aliphatic heterocycles. The second-order valence-corrected chi connectivity index (χ2v) is 11.9. The minimum Gasteiger partial charge on any atom is -0.490 e. The first-order valence-electron chi connectivity index (χ1n) is 14.3. The van der Waals surface area contributed by atoms with Crippen molar-refractivity contribution in [3.05, 3.63) is 52.7 Å². The van der Waals surface area contributed by atoms with Gasteiger partial charge in [-0.3, -0.25) is 18.7 Å². The molecule has 0 bridgehead atoms. The number of carbonyl (C=O) groups excluding carboxylic acids is 2. The van der Waals surface area contributed by atoms with E-state index in [-0.39, 0.29) is 41.2 Å². The number of hydrogen-bond acceptors (Lipinski definition) is 7. The van der Waals surface area contributed by atoms with E-state index in [0.717, 1.165) is 45.2 Å². The topological polar surface area (TPSA) is 133 Å². The number of imidazole rings is 1. The van der Waals surface area contributed by atoms with Crippen molar-refractivity contribution in [3.63, 3.8) is 0 Å². The SMILES string of the molecule is Cn1nc(NC(=O)c2ccc(-c3nc(C4CCC5CCC(=O)N5C4)n4c(Cl)cnc(N)c34)c(OC3CC3)c2)cc1C(F)(F)F. The highest BCUT2D eigenvalue weighted by Crippen LogP contribution is 2.42. The summed E-state index contributed by atoms with van der Waals surface area (Å²) in [7, 11) is 1.15. The lowest BCUT2D eigenvalue weighted by molar-refractivity contribution is -0.143. The van der Waals surface area contributed by atoms with Crippen molar-refractivity contribution in [3.8, 4) is 17.0 Å². The van der Waals surface area contributed by atoms with Crippen LogP contribution in [0.3, 0.4) is 0 Å². The summed E-state index contributed by atoms with van der Waals surface area (Å²) in [6, 6.07) is 5.75. The third-order valence-corrected chi connectivity index (χ3v) is 8.75. The Morgan fingerprint density at radius 2 is 1.95 bits per heavy atom. The zero-order chi connectivity index (χ0) is 30.9. The number of alkyl halides is 3. The highest BCUT2D eigenvalue weighted by molar-refractivity contribution is 6.30. The smallest absolute Gasteiger partial charge is 0.433 e. The van der Waals surface area contributed by atoms with Gasteiger partial charge in [0.1, 0.15) is 39.4 Å². The number of benzene rings is 1. The van der Waals surface area contributed by atoms with Crippen LogP contribution in [0.2, 0.25) is 5.15 Å². The van der Waals surface area contributed by atoms with Crippen LogP contribution < -0.4 is 15.8 Å². The molecule has 1 saturated carbocycles. The Morgan fingerprint density at radius 1 is 1.16 bits per heavy atom. The number of amides is 2. The zero-order valence-electron chi connectivity index (χ0n) is 23.6. The van der Waals surface area contributed by atoms with Gasteiger partial charge in [0, 0.05) is 49.2 Å². The molecule has 3 fully saturated rings. The van der Waals surface area contributed by atoms with Crippen LogP contribution >= 0.6 is 11.6 Å². The minimum absolute atomic E-state index is 0.0546. The fourth-order valence-corrected chi connectivity index (χ4v) is 6.39. The van der Waals surface area contributed by atoms with Crippen LogP contribution in [0.4, 0.5) is 24.8 Å². The Bertz CT molecular complexity index is 1820. The molecule has 2 amide bonds. The molecule has 1 aliphatic carbocycles. The van der Waals surface area contributed by atoms with Gasteiger partial charge in [0.25, 0.3) is 5.91 Å². The Morgan fingerprint density at radius 3 is 2.68 bits per heavy atom. The van der Waals surface area contributed by atoms with Crippen LogP contribution in [0, 0.1) is 0 Å². The number of nitrogen functional groups attached to an aromatic ring is 1. The third kappa shape index (κ3) is 5.00. The molecule has 7 rings (SSSR count). The fraction of sp³-hybridized carbons (Fsp3) is 0.414. The standard InChI is InChI=1S/C29H28ClF3N8O3/c1-39-20(29(31,32)33)11-22(38-39)36-28(43)14-3-8-18(19(10-14)44-17-6-7-17)24-25-26(34)35-12-21(30)41(25)27(37-24)15-2-4-16-5-9-23(42)40(16)13-15/h3,8,10-12,15-17H,2,4-7,9,13H2,1H3,(H2,34,35)(H,36,38,43). The number of anilines is 2. The number of nitrogens with zero attached hydrogens (tertiary/aromatic N) is 6. The molecule has 3 aromatic heterocycles. The number of ether oxygens (including phenoxy) is 1. The number of carbonyl (C=O) groups is 2. The molecule has 3 aliphatic rings. The summed E-state index contributed by atoms with van der Waals surface area (Å²) in [5, 5.41) is 6.52. The molecule has 1 aromatic carbocycles. The summed E-state index contributed by atoms with van der Waals surface area (Å²) in [4.78, 5) is 36.9. The molecular formula is C29H28ClF3N8O3. The average Bonchev–Trinajstić information content (AvgIpc) is 3.39. The van der Waals surface area contributed by atoms with Crippen LogP contribution in [0.15, 0.2) is 30.5 Å².